The number of nitrogens with one attached hydrogen (secondary N) is 2. The van der Waals surface area contributed by atoms with Gasteiger partial charge in [-0.1, -0.05) is 26.0 Å². The molecule has 0 spiro atoms. The molecule has 6 nitrogen and oxygen atoms in total. The van der Waals surface area contributed by atoms with Gasteiger partial charge in [0.25, 0.3) is 0 Å². The molecule has 1 saturated heterocycles. The fraction of sp³-hybridized carbons (Fsp3) is 0.696. The highest BCUT2D eigenvalue weighted by molar-refractivity contribution is 14.0. The van der Waals surface area contributed by atoms with Gasteiger partial charge in [0, 0.05) is 40.0 Å². The predicted molar refractivity (Wildman–Crippen MR) is 134 cm³/mol. The Morgan fingerprint density at radius 3 is 2.50 bits per heavy atom. The molecule has 0 radical (unpaired) electrons. The molecule has 1 aliphatic rings. The van der Waals surface area contributed by atoms with Gasteiger partial charge >= 0.3 is 0 Å². The molecule has 0 aliphatic carbocycles. The lowest BCUT2D eigenvalue weighted by atomic mass is 10.0. The Balaban J connectivity index is 0.00000450. The Bertz CT molecular complexity index is 590. The second kappa shape index (κ2) is 15.7. The molecule has 0 saturated carbocycles. The molecule has 0 amide bonds. The SMILES string of the molecule is CN=C(NCCCOCC1CCOCC1)NC(C)c1ccc(OCC(C)C)cc1.I. The molecule has 172 valence electrons. The van der Waals surface area contributed by atoms with Crippen LogP contribution in [-0.4, -0.2) is 52.6 Å². The van der Waals surface area contributed by atoms with Gasteiger partial charge in [0.15, 0.2) is 5.96 Å². The van der Waals surface area contributed by atoms with Crippen LogP contribution < -0.4 is 15.4 Å². The number of ether oxygens (including phenoxy) is 3. The van der Waals surface area contributed by atoms with Crippen LogP contribution in [0.3, 0.4) is 0 Å². The van der Waals surface area contributed by atoms with E-state index in [1.807, 2.05) is 12.1 Å². The van der Waals surface area contributed by atoms with Crippen molar-refractivity contribution >= 4 is 29.9 Å². The first-order valence-electron chi connectivity index (χ1n) is 10.9. The largest absolute Gasteiger partial charge is 0.493 e. The number of hydrogen-bond acceptors (Lipinski definition) is 4. The van der Waals surface area contributed by atoms with Crippen molar-refractivity contribution in [3.05, 3.63) is 29.8 Å². The lowest BCUT2D eigenvalue weighted by Gasteiger charge is -2.22. The fourth-order valence-electron chi connectivity index (χ4n) is 3.14. The van der Waals surface area contributed by atoms with Crippen molar-refractivity contribution in [3.8, 4) is 5.75 Å². The lowest BCUT2D eigenvalue weighted by molar-refractivity contribution is 0.0203. The van der Waals surface area contributed by atoms with Gasteiger partial charge in [0.05, 0.1) is 12.6 Å². The van der Waals surface area contributed by atoms with Crippen molar-refractivity contribution in [1.82, 2.24) is 10.6 Å². The number of rotatable bonds is 11. The number of guanidine groups is 1. The molecular formula is C23H40IN3O3. The molecule has 0 bridgehead atoms. The maximum Gasteiger partial charge on any atom is 0.191 e. The third kappa shape index (κ3) is 10.8. The van der Waals surface area contributed by atoms with Crippen LogP contribution in [0.25, 0.3) is 0 Å². The van der Waals surface area contributed by atoms with Crippen molar-refractivity contribution in [1.29, 1.82) is 0 Å². The lowest BCUT2D eigenvalue weighted by Crippen LogP contribution is -2.39. The Morgan fingerprint density at radius 1 is 1.17 bits per heavy atom. The van der Waals surface area contributed by atoms with E-state index in [1.54, 1.807) is 7.05 Å². The third-order valence-electron chi connectivity index (χ3n) is 4.99. The summed E-state index contributed by atoms with van der Waals surface area (Å²) < 4.78 is 17.0. The van der Waals surface area contributed by atoms with E-state index in [2.05, 4.69) is 48.5 Å². The predicted octanol–water partition coefficient (Wildman–Crippen LogP) is 4.40. The molecule has 7 heteroatoms. The number of hydrogen-bond donors (Lipinski definition) is 2. The van der Waals surface area contributed by atoms with E-state index in [-0.39, 0.29) is 30.0 Å². The molecule has 1 heterocycles. The molecule has 1 atom stereocenters. The van der Waals surface area contributed by atoms with Gasteiger partial charge in [-0.05, 0) is 55.7 Å². The van der Waals surface area contributed by atoms with Crippen LogP contribution in [0.15, 0.2) is 29.3 Å². The summed E-state index contributed by atoms with van der Waals surface area (Å²) in [6.45, 7) is 11.4. The Kier molecular flexibility index (Phi) is 14.1. The van der Waals surface area contributed by atoms with E-state index >= 15 is 0 Å². The molecule has 1 aromatic carbocycles. The van der Waals surface area contributed by atoms with Gasteiger partial charge < -0.3 is 24.8 Å². The molecule has 2 rings (SSSR count). The van der Waals surface area contributed by atoms with Crippen molar-refractivity contribution < 1.29 is 14.2 Å². The van der Waals surface area contributed by atoms with Crippen LogP contribution in [0.2, 0.25) is 0 Å². The zero-order valence-corrected chi connectivity index (χ0v) is 21.3. The first-order valence-corrected chi connectivity index (χ1v) is 10.9. The van der Waals surface area contributed by atoms with E-state index in [0.717, 1.165) is 70.6 Å². The van der Waals surface area contributed by atoms with E-state index in [0.29, 0.717) is 11.8 Å². The van der Waals surface area contributed by atoms with E-state index in [1.165, 1.54) is 5.56 Å². The first kappa shape index (κ1) is 27.0. The maximum absolute atomic E-state index is 5.82. The summed E-state index contributed by atoms with van der Waals surface area (Å²) in [6, 6.07) is 8.42. The minimum absolute atomic E-state index is 0. The topological polar surface area (TPSA) is 64.1 Å². The third-order valence-corrected chi connectivity index (χ3v) is 4.99. The second-order valence-corrected chi connectivity index (χ2v) is 8.12. The first-order chi connectivity index (χ1) is 14.1. The highest BCUT2D eigenvalue weighted by Crippen LogP contribution is 2.18. The van der Waals surface area contributed by atoms with Gasteiger partial charge in [0.1, 0.15) is 5.75 Å². The van der Waals surface area contributed by atoms with Crippen LogP contribution in [0.1, 0.15) is 51.6 Å². The van der Waals surface area contributed by atoms with Crippen molar-refractivity contribution in [2.75, 3.05) is 46.6 Å². The Morgan fingerprint density at radius 2 is 1.87 bits per heavy atom. The molecule has 1 aliphatic heterocycles. The summed E-state index contributed by atoms with van der Waals surface area (Å²) >= 11 is 0. The molecule has 2 N–H and O–H groups in total. The summed E-state index contributed by atoms with van der Waals surface area (Å²) in [5, 5.41) is 6.81. The van der Waals surface area contributed by atoms with Gasteiger partial charge in [-0.2, -0.15) is 0 Å². The average Bonchev–Trinajstić information content (AvgIpc) is 2.74. The van der Waals surface area contributed by atoms with Gasteiger partial charge in [-0.15, -0.1) is 24.0 Å². The molecule has 1 fully saturated rings. The fourth-order valence-corrected chi connectivity index (χ4v) is 3.14. The molecule has 0 aromatic heterocycles. The molecule has 1 aromatic rings. The van der Waals surface area contributed by atoms with E-state index in [9.17, 15) is 0 Å². The molecule has 1 unspecified atom stereocenters. The standard InChI is InChI=1S/C23H39N3O3.HI/c1-18(2)16-29-22-8-6-21(7-9-22)19(3)26-23(24-4)25-12-5-13-28-17-20-10-14-27-15-11-20;/h6-9,18-20H,5,10-17H2,1-4H3,(H2,24,25,26);1H. The Labute approximate surface area is 199 Å². The molecular weight excluding hydrogens is 493 g/mol. The quantitative estimate of drug-likeness (QED) is 0.191. The highest BCUT2D eigenvalue weighted by Gasteiger charge is 2.13. The van der Waals surface area contributed by atoms with Crippen LogP contribution in [0.5, 0.6) is 5.75 Å². The van der Waals surface area contributed by atoms with Crippen LogP contribution in [0, 0.1) is 11.8 Å². The average molecular weight is 533 g/mol. The second-order valence-electron chi connectivity index (χ2n) is 8.12. The summed E-state index contributed by atoms with van der Waals surface area (Å²) in [5.41, 5.74) is 1.20. The smallest absolute Gasteiger partial charge is 0.191 e. The van der Waals surface area contributed by atoms with Crippen LogP contribution in [-0.2, 0) is 9.47 Å². The zero-order chi connectivity index (χ0) is 20.9. The van der Waals surface area contributed by atoms with E-state index in [4.69, 9.17) is 14.2 Å². The number of aliphatic imine (C=N–C) groups is 1. The minimum Gasteiger partial charge on any atom is -0.493 e. The number of benzene rings is 1. The van der Waals surface area contributed by atoms with Gasteiger partial charge in [-0.25, -0.2) is 0 Å². The van der Waals surface area contributed by atoms with E-state index < -0.39 is 0 Å². The number of halogens is 1. The highest BCUT2D eigenvalue weighted by atomic mass is 127. The normalized spacial score (nSPS) is 16.1. The summed E-state index contributed by atoms with van der Waals surface area (Å²) in [7, 11) is 1.80. The van der Waals surface area contributed by atoms with Crippen molar-refractivity contribution in [2.24, 2.45) is 16.8 Å². The zero-order valence-electron chi connectivity index (χ0n) is 19.0. The van der Waals surface area contributed by atoms with Crippen molar-refractivity contribution in [2.45, 2.75) is 46.1 Å². The summed E-state index contributed by atoms with van der Waals surface area (Å²) in [6.07, 6.45) is 3.20. The van der Waals surface area contributed by atoms with Crippen molar-refractivity contribution in [3.63, 3.8) is 0 Å². The van der Waals surface area contributed by atoms with Gasteiger partial charge in [0.2, 0.25) is 0 Å². The molecule has 30 heavy (non-hydrogen) atoms. The van der Waals surface area contributed by atoms with Crippen LogP contribution in [0.4, 0.5) is 0 Å². The maximum atomic E-state index is 5.82. The monoisotopic (exact) mass is 533 g/mol. The Hall–Kier alpha value is -1.06. The summed E-state index contributed by atoms with van der Waals surface area (Å²) in [4.78, 5) is 4.33. The number of nitrogens with zero attached hydrogens (tertiary/aromatic N) is 1. The van der Waals surface area contributed by atoms with Gasteiger partial charge in [-0.3, -0.25) is 4.99 Å². The minimum atomic E-state index is 0. The summed E-state index contributed by atoms with van der Waals surface area (Å²) in [5.74, 6) is 2.91. The van der Waals surface area contributed by atoms with Crippen LogP contribution >= 0.6 is 24.0 Å².